The normalized spacial score (nSPS) is 16.3. The van der Waals surface area contributed by atoms with Crippen LogP contribution in [0.3, 0.4) is 0 Å². The number of halogens is 2. The van der Waals surface area contributed by atoms with Gasteiger partial charge >= 0.3 is 0 Å². The Kier molecular flexibility index (Phi) is 3.50. The molecule has 1 saturated carbocycles. The molecule has 1 aromatic carbocycles. The summed E-state index contributed by atoms with van der Waals surface area (Å²) in [5.74, 6) is 0.610. The van der Waals surface area contributed by atoms with Gasteiger partial charge in [0.05, 0.1) is 22.8 Å². The zero-order chi connectivity index (χ0) is 12.5. The molecular weight excluding hydrogens is 304 g/mol. The second-order valence-corrected chi connectivity index (χ2v) is 5.72. The number of nitrogen functional groups attached to an aromatic ring is 1. The molecule has 0 saturated heterocycles. The molecular formula is C12H12BrClN2O. The Morgan fingerprint density at radius 2 is 2.24 bits per heavy atom. The number of anilines is 1. The second kappa shape index (κ2) is 4.75. The third-order valence-corrected chi connectivity index (χ3v) is 3.78. The average molecular weight is 316 g/mol. The Labute approximate surface area is 114 Å². The van der Waals surface area contributed by atoms with E-state index in [1.165, 1.54) is 0 Å². The monoisotopic (exact) mass is 314 g/mol. The fraction of sp³-hybridized carbons (Fsp3) is 0.417. The maximum Gasteiger partial charge on any atom is 0.156 e. The molecule has 5 heteroatoms. The summed E-state index contributed by atoms with van der Waals surface area (Å²) in [7, 11) is 0. The number of nitriles is 1. The predicted octanol–water partition coefficient (Wildman–Crippen LogP) is 3.76. The molecule has 0 bridgehead atoms. The molecule has 0 aliphatic heterocycles. The molecule has 17 heavy (non-hydrogen) atoms. The lowest BCUT2D eigenvalue weighted by atomic mass is 10.1. The smallest absolute Gasteiger partial charge is 0.156 e. The molecule has 2 N–H and O–H groups in total. The number of rotatable bonds is 4. The van der Waals surface area contributed by atoms with E-state index in [0.29, 0.717) is 29.5 Å². The SMILES string of the molecule is N#CCC1(COc2c(N)cc(Cl)cc2Br)CC1. The molecule has 0 spiro atoms. The first-order chi connectivity index (χ1) is 8.06. The number of ether oxygens (including phenoxy) is 1. The average Bonchev–Trinajstić information content (AvgIpc) is 2.97. The Hall–Kier alpha value is -0.920. The molecule has 0 aromatic heterocycles. The molecule has 0 heterocycles. The van der Waals surface area contributed by atoms with E-state index in [2.05, 4.69) is 22.0 Å². The maximum absolute atomic E-state index is 8.73. The summed E-state index contributed by atoms with van der Waals surface area (Å²) >= 11 is 9.24. The van der Waals surface area contributed by atoms with Gasteiger partial charge in [-0.05, 0) is 40.9 Å². The fourth-order valence-electron chi connectivity index (χ4n) is 1.67. The standard InChI is InChI=1S/C12H12BrClN2O/c13-9-5-8(14)6-10(16)11(9)17-7-12(1-2-12)3-4-15/h5-6H,1-3,7,16H2. The van der Waals surface area contributed by atoms with Crippen molar-refractivity contribution in [1.29, 1.82) is 5.26 Å². The van der Waals surface area contributed by atoms with Gasteiger partial charge in [0.2, 0.25) is 0 Å². The van der Waals surface area contributed by atoms with Gasteiger partial charge in [-0.1, -0.05) is 11.6 Å². The fourth-order valence-corrected chi connectivity index (χ4v) is 2.62. The van der Waals surface area contributed by atoms with E-state index in [1.807, 2.05) is 0 Å². The minimum atomic E-state index is 0.0419. The molecule has 1 aliphatic rings. The van der Waals surface area contributed by atoms with Crippen LogP contribution in [-0.4, -0.2) is 6.61 Å². The molecule has 1 aliphatic carbocycles. The van der Waals surface area contributed by atoms with Gasteiger partial charge in [-0.2, -0.15) is 5.26 Å². The Morgan fingerprint density at radius 3 is 2.76 bits per heavy atom. The third-order valence-electron chi connectivity index (χ3n) is 2.97. The van der Waals surface area contributed by atoms with Crippen molar-refractivity contribution >= 4 is 33.2 Å². The van der Waals surface area contributed by atoms with Gasteiger partial charge in [-0.25, -0.2) is 0 Å². The van der Waals surface area contributed by atoms with Crippen LogP contribution in [0, 0.1) is 16.7 Å². The van der Waals surface area contributed by atoms with Crippen LogP contribution in [0.4, 0.5) is 5.69 Å². The minimum absolute atomic E-state index is 0.0419. The first-order valence-electron chi connectivity index (χ1n) is 5.31. The van der Waals surface area contributed by atoms with Crippen molar-refractivity contribution in [3.8, 4) is 11.8 Å². The molecule has 2 rings (SSSR count). The number of benzene rings is 1. The highest BCUT2D eigenvalue weighted by Crippen LogP contribution is 2.49. The Balaban J connectivity index is 2.07. The highest BCUT2D eigenvalue weighted by molar-refractivity contribution is 9.10. The third kappa shape index (κ3) is 2.85. The van der Waals surface area contributed by atoms with Crippen molar-refractivity contribution in [2.45, 2.75) is 19.3 Å². The lowest BCUT2D eigenvalue weighted by Crippen LogP contribution is -2.13. The van der Waals surface area contributed by atoms with Crippen molar-refractivity contribution in [3.63, 3.8) is 0 Å². The van der Waals surface area contributed by atoms with Gasteiger partial charge in [0.25, 0.3) is 0 Å². The van der Waals surface area contributed by atoms with E-state index < -0.39 is 0 Å². The summed E-state index contributed by atoms with van der Waals surface area (Å²) in [6.07, 6.45) is 2.63. The zero-order valence-corrected chi connectivity index (χ0v) is 11.5. The number of hydrogen-bond donors (Lipinski definition) is 1. The zero-order valence-electron chi connectivity index (χ0n) is 9.17. The van der Waals surface area contributed by atoms with E-state index in [9.17, 15) is 0 Å². The molecule has 1 aromatic rings. The molecule has 0 radical (unpaired) electrons. The number of hydrogen-bond acceptors (Lipinski definition) is 3. The van der Waals surface area contributed by atoms with Gasteiger partial charge in [0, 0.05) is 16.9 Å². The van der Waals surface area contributed by atoms with Crippen molar-refractivity contribution in [1.82, 2.24) is 0 Å². The number of nitrogens with zero attached hydrogens (tertiary/aromatic N) is 1. The summed E-state index contributed by atoms with van der Waals surface area (Å²) in [5.41, 5.74) is 6.39. The molecule has 0 unspecified atom stereocenters. The van der Waals surface area contributed by atoms with Crippen LogP contribution in [0.1, 0.15) is 19.3 Å². The van der Waals surface area contributed by atoms with Gasteiger partial charge in [-0.3, -0.25) is 0 Å². The number of nitrogens with two attached hydrogens (primary N) is 1. The van der Waals surface area contributed by atoms with Crippen LogP contribution in [-0.2, 0) is 0 Å². The van der Waals surface area contributed by atoms with E-state index in [0.717, 1.165) is 17.3 Å². The van der Waals surface area contributed by atoms with E-state index >= 15 is 0 Å². The quantitative estimate of drug-likeness (QED) is 0.861. The minimum Gasteiger partial charge on any atom is -0.490 e. The van der Waals surface area contributed by atoms with Crippen LogP contribution in [0.2, 0.25) is 5.02 Å². The van der Waals surface area contributed by atoms with Crippen LogP contribution in [0.15, 0.2) is 16.6 Å². The van der Waals surface area contributed by atoms with Crippen molar-refractivity contribution in [2.24, 2.45) is 5.41 Å². The summed E-state index contributed by atoms with van der Waals surface area (Å²) < 4.78 is 6.47. The van der Waals surface area contributed by atoms with Crippen molar-refractivity contribution < 1.29 is 4.74 Å². The first-order valence-corrected chi connectivity index (χ1v) is 6.48. The molecule has 0 amide bonds. The lowest BCUT2D eigenvalue weighted by molar-refractivity contribution is 0.237. The molecule has 1 fully saturated rings. The molecule has 90 valence electrons. The van der Waals surface area contributed by atoms with E-state index in [4.69, 9.17) is 27.3 Å². The maximum atomic E-state index is 8.73. The van der Waals surface area contributed by atoms with Crippen LogP contribution in [0.25, 0.3) is 0 Å². The summed E-state index contributed by atoms with van der Waals surface area (Å²) in [5, 5.41) is 9.30. The topological polar surface area (TPSA) is 59.0 Å². The lowest BCUT2D eigenvalue weighted by Gasteiger charge is -2.15. The van der Waals surface area contributed by atoms with E-state index in [1.54, 1.807) is 12.1 Å². The van der Waals surface area contributed by atoms with Crippen molar-refractivity contribution in [3.05, 3.63) is 21.6 Å². The van der Waals surface area contributed by atoms with Crippen molar-refractivity contribution in [2.75, 3.05) is 12.3 Å². The van der Waals surface area contributed by atoms with Gasteiger partial charge < -0.3 is 10.5 Å². The van der Waals surface area contributed by atoms with E-state index in [-0.39, 0.29) is 5.41 Å². The summed E-state index contributed by atoms with van der Waals surface area (Å²) in [4.78, 5) is 0. The van der Waals surface area contributed by atoms with Crippen LogP contribution >= 0.6 is 27.5 Å². The first kappa shape index (κ1) is 12.5. The summed E-state index contributed by atoms with van der Waals surface area (Å²) in [6, 6.07) is 5.61. The Bertz CT molecular complexity index is 457. The molecule has 0 atom stereocenters. The Morgan fingerprint density at radius 1 is 1.53 bits per heavy atom. The molecule has 3 nitrogen and oxygen atoms in total. The second-order valence-electron chi connectivity index (χ2n) is 4.43. The predicted molar refractivity (Wildman–Crippen MR) is 71.0 cm³/mol. The highest BCUT2D eigenvalue weighted by atomic mass is 79.9. The van der Waals surface area contributed by atoms with Gasteiger partial charge in [-0.15, -0.1) is 0 Å². The largest absolute Gasteiger partial charge is 0.490 e. The highest BCUT2D eigenvalue weighted by Gasteiger charge is 2.43. The van der Waals surface area contributed by atoms with Crippen LogP contribution < -0.4 is 10.5 Å². The summed E-state index contributed by atoms with van der Waals surface area (Å²) in [6.45, 7) is 0.533. The van der Waals surface area contributed by atoms with Gasteiger partial charge in [0.1, 0.15) is 0 Å². The van der Waals surface area contributed by atoms with Crippen LogP contribution in [0.5, 0.6) is 5.75 Å². The van der Waals surface area contributed by atoms with Gasteiger partial charge in [0.15, 0.2) is 5.75 Å².